The van der Waals surface area contributed by atoms with Gasteiger partial charge in [-0.3, -0.25) is 4.79 Å². The summed E-state index contributed by atoms with van der Waals surface area (Å²) in [6.45, 7) is 6.13. The molecule has 1 aliphatic rings. The average molecular weight is 244 g/mol. The van der Waals surface area contributed by atoms with E-state index in [2.05, 4.69) is 23.3 Å². The Labute approximate surface area is 108 Å². The van der Waals surface area contributed by atoms with Crippen LogP contribution in [0.4, 0.5) is 5.69 Å². The number of fused-ring (bicyclic) bond motifs is 1. The molecule has 3 heteroatoms. The van der Waals surface area contributed by atoms with Crippen molar-refractivity contribution in [1.82, 2.24) is 5.32 Å². The van der Waals surface area contributed by atoms with Gasteiger partial charge in [-0.05, 0) is 36.5 Å². The molecule has 0 aromatic heterocycles. The van der Waals surface area contributed by atoms with Gasteiger partial charge in [-0.25, -0.2) is 0 Å². The van der Waals surface area contributed by atoms with Crippen molar-refractivity contribution in [2.24, 2.45) is 0 Å². The van der Waals surface area contributed by atoms with Gasteiger partial charge in [0.1, 0.15) is 0 Å². The average Bonchev–Trinajstić information content (AvgIpc) is 2.35. The molecule has 0 saturated heterocycles. The van der Waals surface area contributed by atoms with Crippen molar-refractivity contribution < 1.29 is 4.79 Å². The maximum absolute atomic E-state index is 11.2. The van der Waals surface area contributed by atoms with Crippen LogP contribution in [-0.4, -0.2) is 18.5 Å². The normalized spacial score (nSPS) is 17.9. The minimum Gasteiger partial charge on any atom is -0.326 e. The zero-order chi connectivity index (χ0) is 13.0. The third-order valence-corrected chi connectivity index (χ3v) is 3.34. The van der Waals surface area contributed by atoms with Gasteiger partial charge in [0.15, 0.2) is 0 Å². The van der Waals surface area contributed by atoms with Gasteiger partial charge in [0.05, 0.1) is 0 Å². The molecule has 1 aromatic rings. The maximum atomic E-state index is 11.2. The SMILES string of the molecule is C=CCNC1CCc2c(cccc2NC(C)=O)C1. The van der Waals surface area contributed by atoms with E-state index in [1.807, 2.05) is 18.2 Å². The molecule has 0 heterocycles. The Morgan fingerprint density at radius 3 is 3.11 bits per heavy atom. The van der Waals surface area contributed by atoms with E-state index in [-0.39, 0.29) is 5.91 Å². The third kappa shape index (κ3) is 2.99. The Balaban J connectivity index is 2.13. The molecule has 0 fully saturated rings. The molecule has 18 heavy (non-hydrogen) atoms. The van der Waals surface area contributed by atoms with Crippen molar-refractivity contribution in [1.29, 1.82) is 0 Å². The van der Waals surface area contributed by atoms with Crippen LogP contribution in [0.5, 0.6) is 0 Å². The molecule has 0 saturated carbocycles. The van der Waals surface area contributed by atoms with E-state index in [4.69, 9.17) is 0 Å². The van der Waals surface area contributed by atoms with Crippen LogP contribution < -0.4 is 10.6 Å². The van der Waals surface area contributed by atoms with Crippen molar-refractivity contribution in [2.75, 3.05) is 11.9 Å². The first kappa shape index (κ1) is 12.8. The summed E-state index contributed by atoms with van der Waals surface area (Å²) in [5.74, 6) is -0.00435. The van der Waals surface area contributed by atoms with E-state index < -0.39 is 0 Å². The van der Waals surface area contributed by atoms with Crippen LogP contribution in [-0.2, 0) is 17.6 Å². The molecule has 1 unspecified atom stereocenters. The van der Waals surface area contributed by atoms with Gasteiger partial charge in [-0.2, -0.15) is 0 Å². The molecule has 1 amide bonds. The molecule has 1 atom stereocenters. The summed E-state index contributed by atoms with van der Waals surface area (Å²) in [4.78, 5) is 11.2. The van der Waals surface area contributed by atoms with Gasteiger partial charge in [-0.15, -0.1) is 6.58 Å². The van der Waals surface area contributed by atoms with Gasteiger partial charge in [0.25, 0.3) is 0 Å². The Kier molecular flexibility index (Phi) is 4.15. The molecule has 2 rings (SSSR count). The highest BCUT2D eigenvalue weighted by atomic mass is 16.1. The number of amides is 1. The lowest BCUT2D eigenvalue weighted by atomic mass is 9.87. The number of anilines is 1. The van der Waals surface area contributed by atoms with Crippen molar-refractivity contribution in [3.8, 4) is 0 Å². The predicted molar refractivity (Wildman–Crippen MR) is 74.8 cm³/mol. The number of rotatable bonds is 4. The number of carbonyl (C=O) groups is 1. The fourth-order valence-electron chi connectivity index (χ4n) is 2.54. The number of hydrogen-bond donors (Lipinski definition) is 2. The number of benzene rings is 1. The second-order valence-corrected chi connectivity index (χ2v) is 4.76. The lowest BCUT2D eigenvalue weighted by molar-refractivity contribution is -0.114. The van der Waals surface area contributed by atoms with Crippen LogP contribution in [0, 0.1) is 0 Å². The molecule has 96 valence electrons. The molecule has 0 bridgehead atoms. The standard InChI is InChI=1S/C15H20N2O/c1-3-9-16-13-7-8-14-12(10-13)5-4-6-15(14)17-11(2)18/h3-6,13,16H,1,7-10H2,2H3,(H,17,18). The molecular formula is C15H20N2O. The van der Waals surface area contributed by atoms with Crippen LogP contribution >= 0.6 is 0 Å². The summed E-state index contributed by atoms with van der Waals surface area (Å²) in [7, 11) is 0. The monoisotopic (exact) mass is 244 g/mol. The molecule has 1 aliphatic carbocycles. The van der Waals surface area contributed by atoms with Crippen LogP contribution in [0.3, 0.4) is 0 Å². The maximum Gasteiger partial charge on any atom is 0.221 e. The lowest BCUT2D eigenvalue weighted by Crippen LogP contribution is -2.34. The largest absolute Gasteiger partial charge is 0.326 e. The number of nitrogens with one attached hydrogen (secondary N) is 2. The predicted octanol–water partition coefficient (Wildman–Crippen LogP) is 2.28. The Bertz CT molecular complexity index is 454. The molecule has 1 aromatic carbocycles. The molecule has 0 aliphatic heterocycles. The van der Waals surface area contributed by atoms with Gasteiger partial charge in [-0.1, -0.05) is 18.2 Å². The highest BCUT2D eigenvalue weighted by Crippen LogP contribution is 2.28. The van der Waals surface area contributed by atoms with Crippen LogP contribution in [0.2, 0.25) is 0 Å². The third-order valence-electron chi connectivity index (χ3n) is 3.34. The van der Waals surface area contributed by atoms with Crippen LogP contribution in [0.15, 0.2) is 30.9 Å². The van der Waals surface area contributed by atoms with Gasteiger partial charge in [0, 0.05) is 25.2 Å². The van der Waals surface area contributed by atoms with Gasteiger partial charge >= 0.3 is 0 Å². The fraction of sp³-hybridized carbons (Fsp3) is 0.400. The van der Waals surface area contributed by atoms with E-state index in [1.165, 1.54) is 11.1 Å². The van der Waals surface area contributed by atoms with Crippen molar-refractivity contribution in [3.05, 3.63) is 42.0 Å². The van der Waals surface area contributed by atoms with Crippen LogP contribution in [0.25, 0.3) is 0 Å². The van der Waals surface area contributed by atoms with E-state index in [1.54, 1.807) is 6.92 Å². The summed E-state index contributed by atoms with van der Waals surface area (Å²) < 4.78 is 0. The first-order chi connectivity index (χ1) is 8.70. The summed E-state index contributed by atoms with van der Waals surface area (Å²) in [5.41, 5.74) is 3.61. The summed E-state index contributed by atoms with van der Waals surface area (Å²) >= 11 is 0. The molecule has 0 radical (unpaired) electrons. The van der Waals surface area contributed by atoms with E-state index in [9.17, 15) is 4.79 Å². The van der Waals surface area contributed by atoms with Crippen molar-refractivity contribution >= 4 is 11.6 Å². The summed E-state index contributed by atoms with van der Waals surface area (Å²) in [6, 6.07) is 6.67. The van der Waals surface area contributed by atoms with Crippen LogP contribution in [0.1, 0.15) is 24.5 Å². The van der Waals surface area contributed by atoms with Gasteiger partial charge < -0.3 is 10.6 Å². The zero-order valence-electron chi connectivity index (χ0n) is 10.8. The van der Waals surface area contributed by atoms with E-state index >= 15 is 0 Å². The quantitative estimate of drug-likeness (QED) is 0.798. The molecule has 2 N–H and O–H groups in total. The first-order valence-corrected chi connectivity index (χ1v) is 6.43. The van der Waals surface area contributed by atoms with Gasteiger partial charge in [0.2, 0.25) is 5.91 Å². The van der Waals surface area contributed by atoms with E-state index in [0.29, 0.717) is 6.04 Å². The Hall–Kier alpha value is -1.61. The second-order valence-electron chi connectivity index (χ2n) is 4.76. The molecule has 3 nitrogen and oxygen atoms in total. The molecular weight excluding hydrogens is 224 g/mol. The van der Waals surface area contributed by atoms with Crippen molar-refractivity contribution in [2.45, 2.75) is 32.2 Å². The second kappa shape index (κ2) is 5.83. The summed E-state index contributed by atoms with van der Waals surface area (Å²) in [5, 5.41) is 6.38. The number of carbonyl (C=O) groups excluding carboxylic acids is 1. The van der Waals surface area contributed by atoms with E-state index in [0.717, 1.165) is 31.5 Å². The molecule has 0 spiro atoms. The minimum absolute atomic E-state index is 0.00435. The minimum atomic E-state index is -0.00435. The highest BCUT2D eigenvalue weighted by molar-refractivity contribution is 5.89. The fourth-order valence-corrected chi connectivity index (χ4v) is 2.54. The first-order valence-electron chi connectivity index (χ1n) is 6.43. The highest BCUT2D eigenvalue weighted by Gasteiger charge is 2.20. The smallest absolute Gasteiger partial charge is 0.221 e. The lowest BCUT2D eigenvalue weighted by Gasteiger charge is -2.27. The van der Waals surface area contributed by atoms with Crippen molar-refractivity contribution in [3.63, 3.8) is 0 Å². The topological polar surface area (TPSA) is 41.1 Å². The number of hydrogen-bond acceptors (Lipinski definition) is 2. The Morgan fingerprint density at radius 2 is 2.39 bits per heavy atom. The zero-order valence-corrected chi connectivity index (χ0v) is 10.8. The Morgan fingerprint density at radius 1 is 1.56 bits per heavy atom. The summed E-state index contributed by atoms with van der Waals surface area (Å²) in [6.07, 6.45) is 5.04.